The number of likely N-dealkylation sites (N-methyl/N-ethyl adjacent to an activating group) is 1. The molecule has 0 unspecified atom stereocenters. The highest BCUT2D eigenvalue weighted by Crippen LogP contribution is 2.30. The van der Waals surface area contributed by atoms with E-state index in [0.717, 1.165) is 0 Å². The van der Waals surface area contributed by atoms with Gasteiger partial charge in [0.25, 0.3) is 0 Å². The molecule has 14 atom stereocenters. The van der Waals surface area contributed by atoms with Crippen LogP contribution in [0.25, 0.3) is 0 Å². The van der Waals surface area contributed by atoms with E-state index in [1.165, 1.54) is 0 Å². The van der Waals surface area contributed by atoms with E-state index in [-0.39, 0.29) is 13.0 Å². The van der Waals surface area contributed by atoms with E-state index in [2.05, 4.69) is 5.32 Å². The lowest BCUT2D eigenvalue weighted by atomic mass is 9.84. The Kier molecular flexibility index (Phi) is 8.79. The van der Waals surface area contributed by atoms with Gasteiger partial charge in [0.1, 0.15) is 42.7 Å². The first-order valence-electron chi connectivity index (χ1n) is 10.6. The molecule has 3 aliphatic rings. The average Bonchev–Trinajstić information content (AvgIpc) is 2.75. The second kappa shape index (κ2) is 10.8. The number of hydrogen-bond acceptors (Lipinski definition) is 14. The molecule has 0 spiro atoms. The Morgan fingerprint density at radius 2 is 1.47 bits per heavy atom. The second-order valence-electron chi connectivity index (χ2n) is 8.61. The van der Waals surface area contributed by atoms with Crippen LogP contribution in [0.4, 0.5) is 0 Å². The van der Waals surface area contributed by atoms with Crippen LogP contribution in [-0.2, 0) is 18.9 Å². The number of rotatable bonds is 6. The van der Waals surface area contributed by atoms with Crippen LogP contribution < -0.4 is 22.5 Å². The van der Waals surface area contributed by atoms with Gasteiger partial charge in [0.15, 0.2) is 12.6 Å². The van der Waals surface area contributed by atoms with Gasteiger partial charge in [-0.3, -0.25) is 0 Å². The monoisotopic (exact) mass is 468 g/mol. The molecular formula is C18H36N4O10. The van der Waals surface area contributed by atoms with Gasteiger partial charge in [0, 0.05) is 12.1 Å². The summed E-state index contributed by atoms with van der Waals surface area (Å²) in [6, 6.07) is -3.37. The lowest BCUT2D eigenvalue weighted by molar-refractivity contribution is -0.311. The van der Waals surface area contributed by atoms with E-state index in [4.69, 9.17) is 36.1 Å². The van der Waals surface area contributed by atoms with E-state index < -0.39 is 92.2 Å². The Morgan fingerprint density at radius 3 is 2.03 bits per heavy atom. The van der Waals surface area contributed by atoms with Gasteiger partial charge in [0.2, 0.25) is 0 Å². The number of aliphatic hydroxyl groups excluding tert-OH is 6. The third-order valence-electron chi connectivity index (χ3n) is 6.40. The van der Waals surface area contributed by atoms with Crippen molar-refractivity contribution in [3.05, 3.63) is 0 Å². The molecule has 32 heavy (non-hydrogen) atoms. The minimum Gasteiger partial charge on any atom is -0.394 e. The van der Waals surface area contributed by atoms with Crippen molar-refractivity contribution in [1.29, 1.82) is 0 Å². The lowest BCUT2D eigenvalue weighted by Gasteiger charge is -2.47. The number of hydrogen-bond donors (Lipinski definition) is 10. The van der Waals surface area contributed by atoms with Gasteiger partial charge < -0.3 is 72.1 Å². The topological polar surface area (TPSA) is 248 Å². The maximum atomic E-state index is 10.9. The van der Waals surface area contributed by atoms with Crippen molar-refractivity contribution in [2.75, 3.05) is 20.3 Å². The van der Waals surface area contributed by atoms with Gasteiger partial charge in [-0.2, -0.15) is 0 Å². The molecule has 0 radical (unpaired) electrons. The van der Waals surface area contributed by atoms with Crippen molar-refractivity contribution >= 4 is 0 Å². The summed E-state index contributed by atoms with van der Waals surface area (Å²) in [5.74, 6) is 0. The minimum absolute atomic E-state index is 0.0989. The predicted octanol–water partition coefficient (Wildman–Crippen LogP) is -6.39. The van der Waals surface area contributed by atoms with Gasteiger partial charge in [-0.05, 0) is 13.5 Å². The van der Waals surface area contributed by atoms with Crippen LogP contribution in [0.1, 0.15) is 6.42 Å². The Hall–Kier alpha value is -0.560. The average molecular weight is 469 g/mol. The van der Waals surface area contributed by atoms with Crippen LogP contribution in [0.2, 0.25) is 0 Å². The zero-order chi connectivity index (χ0) is 23.7. The smallest absolute Gasteiger partial charge is 0.185 e. The van der Waals surface area contributed by atoms with E-state index in [1.807, 2.05) is 0 Å². The molecule has 2 aliphatic heterocycles. The molecule has 188 valence electrons. The Bertz CT molecular complexity index is 606. The van der Waals surface area contributed by atoms with Crippen LogP contribution in [0.15, 0.2) is 0 Å². The first kappa shape index (κ1) is 26.1. The third-order valence-corrected chi connectivity index (χ3v) is 6.40. The quantitative estimate of drug-likeness (QED) is 0.174. The molecule has 0 aromatic carbocycles. The lowest BCUT2D eigenvalue weighted by Crippen LogP contribution is -2.68. The molecule has 13 N–H and O–H groups in total. The summed E-state index contributed by atoms with van der Waals surface area (Å²) in [6.07, 6.45) is -12.0. The van der Waals surface area contributed by atoms with Crippen molar-refractivity contribution < 1.29 is 49.6 Å². The second-order valence-corrected chi connectivity index (χ2v) is 8.61. The van der Waals surface area contributed by atoms with Crippen molar-refractivity contribution in [2.24, 2.45) is 17.2 Å². The van der Waals surface area contributed by atoms with Crippen molar-refractivity contribution in [3.8, 4) is 0 Å². The molecule has 1 saturated carbocycles. The standard InChI is InChI=1S/C18H36N4O10/c1-22-10-7(24)4-29-18(13(10)27)32-16-6(20)2-5(19)15(14(16)28)31-17-9(21)12(26)11(25)8(3-23)30-17/h5-18,22-28H,2-4,19-21H2,1H3/t5-,6-,7-,8-,9+,10-,11-,12+,13-,14+,15-,16+,17-,18+/m1/s1. The fourth-order valence-corrected chi connectivity index (χ4v) is 4.45. The van der Waals surface area contributed by atoms with E-state index in [0.29, 0.717) is 0 Å². The summed E-state index contributed by atoms with van der Waals surface area (Å²) in [4.78, 5) is 0. The number of nitrogens with two attached hydrogens (primary N) is 3. The predicted molar refractivity (Wildman–Crippen MR) is 107 cm³/mol. The first-order chi connectivity index (χ1) is 15.1. The summed E-state index contributed by atoms with van der Waals surface area (Å²) in [5, 5.41) is 63.6. The van der Waals surface area contributed by atoms with Crippen molar-refractivity contribution in [1.82, 2.24) is 5.32 Å². The molecule has 0 amide bonds. The molecule has 0 aromatic rings. The van der Waals surface area contributed by atoms with E-state index >= 15 is 0 Å². The maximum Gasteiger partial charge on any atom is 0.185 e. The zero-order valence-electron chi connectivity index (χ0n) is 17.8. The van der Waals surface area contributed by atoms with Crippen LogP contribution in [0.5, 0.6) is 0 Å². The fraction of sp³-hybridized carbons (Fsp3) is 1.00. The molecule has 1 aliphatic carbocycles. The fourth-order valence-electron chi connectivity index (χ4n) is 4.45. The number of nitrogens with one attached hydrogen (secondary N) is 1. The van der Waals surface area contributed by atoms with Crippen molar-refractivity contribution in [2.45, 2.75) is 92.0 Å². The van der Waals surface area contributed by atoms with Crippen LogP contribution in [-0.4, -0.2) is 136 Å². The van der Waals surface area contributed by atoms with Crippen LogP contribution in [0.3, 0.4) is 0 Å². The van der Waals surface area contributed by atoms with Gasteiger partial charge in [-0.1, -0.05) is 0 Å². The van der Waals surface area contributed by atoms with Crippen LogP contribution in [0, 0.1) is 0 Å². The summed E-state index contributed by atoms with van der Waals surface area (Å²) < 4.78 is 22.4. The highest BCUT2D eigenvalue weighted by atomic mass is 16.7. The largest absolute Gasteiger partial charge is 0.394 e. The van der Waals surface area contributed by atoms with Gasteiger partial charge >= 0.3 is 0 Å². The summed E-state index contributed by atoms with van der Waals surface area (Å²) in [5.41, 5.74) is 18.2. The number of aliphatic hydroxyl groups is 6. The SMILES string of the molecule is CN[C@H]1[C@@H](O)[C@H](O[C@@H]2[C@@H](O)[C@H](O[C@H]3O[C@H](CO)[C@@H](O)[C@@H](O)[C@@H]3N)[C@H](N)C[C@H]2N)OC[C@H]1O. The highest BCUT2D eigenvalue weighted by Gasteiger charge is 2.50. The molecule has 0 bridgehead atoms. The van der Waals surface area contributed by atoms with Gasteiger partial charge in [0.05, 0.1) is 31.4 Å². The molecule has 3 fully saturated rings. The number of ether oxygens (including phenoxy) is 4. The highest BCUT2D eigenvalue weighted by molar-refractivity contribution is 5.01. The van der Waals surface area contributed by atoms with Crippen molar-refractivity contribution in [3.63, 3.8) is 0 Å². The van der Waals surface area contributed by atoms with Gasteiger partial charge in [-0.25, -0.2) is 0 Å². The molecule has 14 nitrogen and oxygen atoms in total. The summed E-state index contributed by atoms with van der Waals surface area (Å²) in [6.45, 7) is -0.686. The normalized spacial score (nSPS) is 52.7. The zero-order valence-corrected chi connectivity index (χ0v) is 17.8. The third kappa shape index (κ3) is 5.08. The maximum absolute atomic E-state index is 10.9. The molecule has 14 heteroatoms. The molecule has 0 aromatic heterocycles. The molecule has 2 heterocycles. The van der Waals surface area contributed by atoms with Gasteiger partial charge in [-0.15, -0.1) is 0 Å². The van der Waals surface area contributed by atoms with E-state index in [9.17, 15) is 30.6 Å². The summed E-state index contributed by atoms with van der Waals surface area (Å²) >= 11 is 0. The Labute approximate surface area is 185 Å². The minimum atomic E-state index is -1.44. The van der Waals surface area contributed by atoms with Crippen LogP contribution >= 0.6 is 0 Å². The molecule has 3 rings (SSSR count). The van der Waals surface area contributed by atoms with E-state index in [1.54, 1.807) is 7.05 Å². The summed E-state index contributed by atoms with van der Waals surface area (Å²) in [7, 11) is 1.57. The molecule has 2 saturated heterocycles. The first-order valence-corrected chi connectivity index (χ1v) is 10.6. The molecular weight excluding hydrogens is 432 g/mol. The Morgan fingerprint density at radius 1 is 0.875 bits per heavy atom. The Balaban J connectivity index is 1.70.